The van der Waals surface area contributed by atoms with Gasteiger partial charge in [-0.05, 0) is 67.1 Å². The molecule has 0 saturated carbocycles. The molecule has 0 unspecified atom stereocenters. The van der Waals surface area contributed by atoms with Crippen molar-refractivity contribution in [3.8, 4) is 0 Å². The van der Waals surface area contributed by atoms with Crippen LogP contribution < -0.4 is 10.0 Å². The number of anilines is 2. The van der Waals surface area contributed by atoms with Crippen molar-refractivity contribution in [1.29, 1.82) is 0 Å². The van der Waals surface area contributed by atoms with E-state index in [0.717, 1.165) is 18.2 Å². The maximum Gasteiger partial charge on any atom is 0.288 e. The van der Waals surface area contributed by atoms with Crippen LogP contribution in [-0.4, -0.2) is 20.1 Å². The second kappa shape index (κ2) is 9.61. The summed E-state index contributed by atoms with van der Waals surface area (Å²) in [5.41, 5.74) is 0.0276. The minimum Gasteiger partial charge on any atom is -0.322 e. The number of benzene rings is 3. The molecule has 0 radical (unpaired) electrons. The topological polar surface area (TPSA) is 75.3 Å². The Morgan fingerprint density at radius 3 is 2.25 bits per heavy atom. The summed E-state index contributed by atoms with van der Waals surface area (Å²) in [7, 11) is -4.11. The van der Waals surface area contributed by atoms with Crippen molar-refractivity contribution in [3.63, 3.8) is 0 Å². The number of hydrogen-bond donors (Lipinski definition) is 2. The lowest BCUT2D eigenvalue weighted by Crippen LogP contribution is -2.17. The Balaban J connectivity index is 1.82. The van der Waals surface area contributed by atoms with E-state index in [1.54, 1.807) is 0 Å². The molecule has 0 atom stereocenters. The van der Waals surface area contributed by atoms with Crippen LogP contribution in [0.2, 0.25) is 0 Å². The van der Waals surface area contributed by atoms with Crippen LogP contribution in [0.3, 0.4) is 0 Å². The Labute approximate surface area is 185 Å². The zero-order valence-corrected chi connectivity index (χ0v) is 18.0. The van der Waals surface area contributed by atoms with Gasteiger partial charge in [-0.15, -0.1) is 0 Å². The molecule has 3 aromatic carbocycles. The summed E-state index contributed by atoms with van der Waals surface area (Å²) in [4.78, 5) is 12.4. The highest BCUT2D eigenvalue weighted by molar-refractivity contribution is 7.99. The van der Waals surface area contributed by atoms with Crippen LogP contribution in [0.4, 0.5) is 28.9 Å². The minimum absolute atomic E-state index is 0.0494. The molecule has 0 fully saturated rings. The molecule has 0 saturated heterocycles. The Bertz CT molecular complexity index is 1250. The lowest BCUT2D eigenvalue weighted by atomic mass is 10.1. The molecule has 3 rings (SSSR count). The standard InChI is InChI=1S/C21H16F4N2O3S2/c1-12-2-4-15(26-20(28)17-10-13(22)3-9-18(17)23)11-19(12)32(29,30)27-14-5-7-16(8-6-14)31-21(24)25/h2-11,21,27H,1H3,(H,26,28). The second-order valence-corrected chi connectivity index (χ2v) is 9.28. The molecule has 0 heterocycles. The minimum atomic E-state index is -4.11. The van der Waals surface area contributed by atoms with Crippen molar-refractivity contribution < 1.29 is 30.8 Å². The average molecular weight is 484 g/mol. The largest absolute Gasteiger partial charge is 0.322 e. The van der Waals surface area contributed by atoms with Gasteiger partial charge in [0.2, 0.25) is 0 Å². The van der Waals surface area contributed by atoms with Gasteiger partial charge in [0.1, 0.15) is 11.6 Å². The number of halogens is 4. The summed E-state index contributed by atoms with van der Waals surface area (Å²) in [6, 6.07) is 11.8. The number of carbonyl (C=O) groups is 1. The van der Waals surface area contributed by atoms with Crippen molar-refractivity contribution in [3.05, 3.63) is 83.4 Å². The summed E-state index contributed by atoms with van der Waals surface area (Å²) >= 11 is 0.331. The zero-order valence-electron chi connectivity index (χ0n) is 16.4. The van der Waals surface area contributed by atoms with Crippen LogP contribution in [-0.2, 0) is 10.0 Å². The average Bonchev–Trinajstić information content (AvgIpc) is 2.72. The number of rotatable bonds is 7. The van der Waals surface area contributed by atoms with Crippen LogP contribution in [0.5, 0.6) is 0 Å². The van der Waals surface area contributed by atoms with E-state index in [2.05, 4.69) is 10.0 Å². The molecule has 0 aliphatic heterocycles. The smallest absolute Gasteiger partial charge is 0.288 e. The van der Waals surface area contributed by atoms with Gasteiger partial charge in [-0.2, -0.15) is 8.78 Å². The molecule has 11 heteroatoms. The van der Waals surface area contributed by atoms with Crippen molar-refractivity contribution in [2.45, 2.75) is 22.5 Å². The predicted molar refractivity (Wildman–Crippen MR) is 115 cm³/mol. The molecule has 0 aliphatic carbocycles. The normalized spacial score (nSPS) is 11.4. The summed E-state index contributed by atoms with van der Waals surface area (Å²) < 4.78 is 80.0. The first-order chi connectivity index (χ1) is 15.0. The molecule has 5 nitrogen and oxygen atoms in total. The fourth-order valence-corrected chi connectivity index (χ4v) is 4.58. The Morgan fingerprint density at radius 1 is 0.938 bits per heavy atom. The van der Waals surface area contributed by atoms with E-state index < -0.39 is 38.9 Å². The first kappa shape index (κ1) is 23.6. The van der Waals surface area contributed by atoms with Gasteiger partial charge < -0.3 is 5.32 Å². The highest BCUT2D eigenvalue weighted by Gasteiger charge is 2.20. The maximum absolute atomic E-state index is 13.8. The Morgan fingerprint density at radius 2 is 1.59 bits per heavy atom. The summed E-state index contributed by atoms with van der Waals surface area (Å²) in [5, 5.41) is 2.34. The van der Waals surface area contributed by atoms with E-state index in [0.29, 0.717) is 17.3 Å². The molecule has 1 amide bonds. The van der Waals surface area contributed by atoms with E-state index in [1.807, 2.05) is 0 Å². The van der Waals surface area contributed by atoms with Gasteiger partial charge in [-0.1, -0.05) is 17.8 Å². The number of sulfonamides is 1. The number of amides is 1. The number of thioether (sulfide) groups is 1. The molecule has 0 bridgehead atoms. The number of aryl methyl sites for hydroxylation is 1. The van der Waals surface area contributed by atoms with Crippen molar-refractivity contribution in [2.24, 2.45) is 0 Å². The first-order valence-electron chi connectivity index (χ1n) is 9.00. The molecular weight excluding hydrogens is 468 g/mol. The fourth-order valence-electron chi connectivity index (χ4n) is 2.75. The molecule has 0 aromatic heterocycles. The van der Waals surface area contributed by atoms with Gasteiger partial charge in [0.25, 0.3) is 21.7 Å². The van der Waals surface area contributed by atoms with Crippen molar-refractivity contribution in [1.82, 2.24) is 0 Å². The molecule has 0 aliphatic rings. The molecular formula is C21H16F4N2O3S2. The Hall–Kier alpha value is -3.05. The van der Waals surface area contributed by atoms with Gasteiger partial charge in [-0.3, -0.25) is 9.52 Å². The quantitative estimate of drug-likeness (QED) is 0.336. The van der Waals surface area contributed by atoms with Crippen LogP contribution in [0.25, 0.3) is 0 Å². The highest BCUT2D eigenvalue weighted by atomic mass is 32.2. The number of nitrogens with one attached hydrogen (secondary N) is 2. The van der Waals surface area contributed by atoms with E-state index >= 15 is 0 Å². The number of hydrogen-bond acceptors (Lipinski definition) is 4. The lowest BCUT2D eigenvalue weighted by Gasteiger charge is -2.13. The zero-order chi connectivity index (χ0) is 23.5. The van der Waals surface area contributed by atoms with Gasteiger partial charge in [0.15, 0.2) is 0 Å². The van der Waals surface area contributed by atoms with Gasteiger partial charge >= 0.3 is 0 Å². The lowest BCUT2D eigenvalue weighted by molar-refractivity contribution is 0.102. The monoisotopic (exact) mass is 484 g/mol. The van der Waals surface area contributed by atoms with E-state index in [4.69, 9.17) is 0 Å². The molecule has 32 heavy (non-hydrogen) atoms. The van der Waals surface area contributed by atoms with Crippen LogP contribution in [0.1, 0.15) is 15.9 Å². The maximum atomic E-state index is 13.8. The van der Waals surface area contributed by atoms with Crippen LogP contribution in [0.15, 0.2) is 70.5 Å². The predicted octanol–water partition coefficient (Wildman–Crippen LogP) is 5.64. The third-order valence-corrected chi connectivity index (χ3v) is 6.49. The third kappa shape index (κ3) is 5.80. The second-order valence-electron chi connectivity index (χ2n) is 6.57. The van der Waals surface area contributed by atoms with Crippen LogP contribution in [0, 0.1) is 18.6 Å². The van der Waals surface area contributed by atoms with E-state index in [9.17, 15) is 30.8 Å². The van der Waals surface area contributed by atoms with Gasteiger partial charge in [-0.25, -0.2) is 17.2 Å². The molecule has 168 valence electrons. The molecule has 2 N–H and O–H groups in total. The van der Waals surface area contributed by atoms with Crippen molar-refractivity contribution >= 4 is 39.1 Å². The highest BCUT2D eigenvalue weighted by Crippen LogP contribution is 2.28. The number of carbonyl (C=O) groups excluding carboxylic acids is 1. The SMILES string of the molecule is Cc1ccc(NC(=O)c2cc(F)ccc2F)cc1S(=O)(=O)Nc1ccc(SC(F)F)cc1. The van der Waals surface area contributed by atoms with Gasteiger partial charge in [0.05, 0.1) is 10.5 Å². The first-order valence-corrected chi connectivity index (χ1v) is 11.4. The van der Waals surface area contributed by atoms with Crippen LogP contribution >= 0.6 is 11.8 Å². The third-order valence-electron chi connectivity index (χ3n) is 4.24. The number of alkyl halides is 2. The van der Waals surface area contributed by atoms with E-state index in [-0.39, 0.29) is 21.2 Å². The Kier molecular flexibility index (Phi) is 7.09. The van der Waals surface area contributed by atoms with E-state index in [1.165, 1.54) is 49.4 Å². The van der Waals surface area contributed by atoms with Gasteiger partial charge in [0, 0.05) is 16.3 Å². The summed E-state index contributed by atoms with van der Waals surface area (Å²) in [6.07, 6.45) is 0. The fraction of sp³-hybridized carbons (Fsp3) is 0.0952. The van der Waals surface area contributed by atoms with Crippen molar-refractivity contribution in [2.75, 3.05) is 10.0 Å². The summed E-state index contributed by atoms with van der Waals surface area (Å²) in [5.74, 6) is -5.28. The molecule has 0 spiro atoms. The summed E-state index contributed by atoms with van der Waals surface area (Å²) in [6.45, 7) is 1.54. The molecule has 3 aromatic rings.